The van der Waals surface area contributed by atoms with Crippen molar-refractivity contribution < 1.29 is 19.1 Å². The SMILES string of the molecule is CCCCCOC(=O)CC1C(=O)NCCN1C(=S)NC(=O)c1ccccc1Br. The van der Waals surface area contributed by atoms with E-state index in [1.807, 2.05) is 0 Å². The van der Waals surface area contributed by atoms with Crippen molar-refractivity contribution in [3.63, 3.8) is 0 Å². The lowest BCUT2D eigenvalue weighted by Crippen LogP contribution is -2.60. The Hall–Kier alpha value is -2.00. The normalized spacial score (nSPS) is 16.3. The van der Waals surface area contributed by atoms with Crippen LogP contribution in [0.4, 0.5) is 0 Å². The summed E-state index contributed by atoms with van der Waals surface area (Å²) in [5, 5.41) is 5.48. The smallest absolute Gasteiger partial charge is 0.308 e. The summed E-state index contributed by atoms with van der Waals surface area (Å²) in [6, 6.07) is 6.16. The molecule has 9 heteroatoms. The van der Waals surface area contributed by atoms with Gasteiger partial charge in [0.05, 0.1) is 18.6 Å². The number of nitrogens with one attached hydrogen (secondary N) is 2. The van der Waals surface area contributed by atoms with Gasteiger partial charge in [0.15, 0.2) is 5.11 Å². The molecule has 0 radical (unpaired) electrons. The average Bonchev–Trinajstić information content (AvgIpc) is 2.67. The Morgan fingerprint density at radius 3 is 2.82 bits per heavy atom. The molecule has 2 amide bonds. The first-order chi connectivity index (χ1) is 13.4. The van der Waals surface area contributed by atoms with E-state index in [0.717, 1.165) is 19.3 Å². The zero-order valence-electron chi connectivity index (χ0n) is 15.7. The van der Waals surface area contributed by atoms with Crippen LogP contribution < -0.4 is 10.6 Å². The van der Waals surface area contributed by atoms with E-state index >= 15 is 0 Å². The molecule has 152 valence electrons. The van der Waals surface area contributed by atoms with Gasteiger partial charge in [-0.05, 0) is 46.7 Å². The molecule has 0 aliphatic carbocycles. The van der Waals surface area contributed by atoms with E-state index in [1.54, 1.807) is 29.2 Å². The highest BCUT2D eigenvalue weighted by atomic mass is 79.9. The first-order valence-electron chi connectivity index (χ1n) is 9.23. The van der Waals surface area contributed by atoms with Crippen molar-refractivity contribution in [2.75, 3.05) is 19.7 Å². The number of esters is 1. The summed E-state index contributed by atoms with van der Waals surface area (Å²) in [7, 11) is 0. The van der Waals surface area contributed by atoms with Gasteiger partial charge < -0.3 is 15.0 Å². The number of ether oxygens (including phenoxy) is 1. The number of unbranched alkanes of at least 4 members (excludes halogenated alkanes) is 2. The molecule has 0 aromatic heterocycles. The van der Waals surface area contributed by atoms with Crippen molar-refractivity contribution in [3.05, 3.63) is 34.3 Å². The summed E-state index contributed by atoms with van der Waals surface area (Å²) in [6.07, 6.45) is 2.68. The minimum atomic E-state index is -0.806. The summed E-state index contributed by atoms with van der Waals surface area (Å²) in [6.45, 7) is 3.18. The second kappa shape index (κ2) is 11.1. The molecule has 0 spiro atoms. The number of rotatable bonds is 7. The van der Waals surface area contributed by atoms with Crippen LogP contribution in [-0.2, 0) is 14.3 Å². The van der Waals surface area contributed by atoms with E-state index in [-0.39, 0.29) is 23.3 Å². The van der Waals surface area contributed by atoms with Crippen LogP contribution in [0.3, 0.4) is 0 Å². The number of thiocarbonyl (C=S) groups is 1. The number of piperazine rings is 1. The summed E-state index contributed by atoms with van der Waals surface area (Å²) >= 11 is 8.67. The van der Waals surface area contributed by atoms with Crippen LogP contribution in [-0.4, -0.2) is 53.5 Å². The average molecular weight is 470 g/mol. The van der Waals surface area contributed by atoms with E-state index in [1.165, 1.54) is 0 Å². The first kappa shape index (κ1) is 22.3. The van der Waals surface area contributed by atoms with E-state index in [0.29, 0.717) is 29.7 Å². The van der Waals surface area contributed by atoms with Gasteiger partial charge in [-0.1, -0.05) is 31.9 Å². The van der Waals surface area contributed by atoms with Gasteiger partial charge in [-0.2, -0.15) is 0 Å². The van der Waals surface area contributed by atoms with Gasteiger partial charge in [-0.15, -0.1) is 0 Å². The number of carbonyl (C=O) groups is 3. The molecule has 1 aromatic rings. The van der Waals surface area contributed by atoms with Crippen LogP contribution in [0.2, 0.25) is 0 Å². The second-order valence-corrected chi connectivity index (χ2v) is 7.61. The Kier molecular flexibility index (Phi) is 8.85. The Morgan fingerprint density at radius 1 is 1.36 bits per heavy atom. The second-order valence-electron chi connectivity index (χ2n) is 6.37. The molecule has 7 nitrogen and oxygen atoms in total. The Labute approximate surface area is 178 Å². The van der Waals surface area contributed by atoms with Crippen molar-refractivity contribution in [3.8, 4) is 0 Å². The highest BCUT2D eigenvalue weighted by Gasteiger charge is 2.34. The van der Waals surface area contributed by atoms with E-state index < -0.39 is 12.0 Å². The molecule has 1 aliphatic heterocycles. The maximum absolute atomic E-state index is 12.5. The number of nitrogens with zero attached hydrogens (tertiary/aromatic N) is 1. The van der Waals surface area contributed by atoms with E-state index in [9.17, 15) is 14.4 Å². The third kappa shape index (κ3) is 6.27. The molecule has 2 rings (SSSR count). The Morgan fingerprint density at radius 2 is 2.11 bits per heavy atom. The summed E-state index contributed by atoms with van der Waals surface area (Å²) < 4.78 is 5.84. The molecule has 28 heavy (non-hydrogen) atoms. The summed E-state index contributed by atoms with van der Waals surface area (Å²) in [5.74, 6) is -1.15. The van der Waals surface area contributed by atoms with Crippen molar-refractivity contribution in [1.82, 2.24) is 15.5 Å². The lowest BCUT2D eigenvalue weighted by molar-refractivity contribution is -0.147. The molecule has 0 bridgehead atoms. The molecule has 1 fully saturated rings. The van der Waals surface area contributed by atoms with Crippen LogP contribution in [0.25, 0.3) is 0 Å². The standard InChI is InChI=1S/C19H24BrN3O4S/c1-2-3-6-11-27-16(24)12-15-18(26)21-9-10-23(15)19(28)22-17(25)13-7-4-5-8-14(13)20/h4-5,7-8,15H,2-3,6,9-12H2,1H3,(H,21,26)(H,22,25,28). The molecule has 1 saturated heterocycles. The number of halogens is 1. The monoisotopic (exact) mass is 469 g/mol. The Balaban J connectivity index is 1.99. The van der Waals surface area contributed by atoms with Gasteiger partial charge in [-0.3, -0.25) is 19.7 Å². The fourth-order valence-corrected chi connectivity index (χ4v) is 3.57. The van der Waals surface area contributed by atoms with Crippen LogP contribution in [0.5, 0.6) is 0 Å². The molecule has 1 heterocycles. The van der Waals surface area contributed by atoms with Gasteiger partial charge in [-0.25, -0.2) is 0 Å². The number of carbonyl (C=O) groups excluding carboxylic acids is 3. The number of amides is 2. The van der Waals surface area contributed by atoms with E-state index in [2.05, 4.69) is 33.5 Å². The zero-order valence-corrected chi connectivity index (χ0v) is 18.1. The number of benzene rings is 1. The minimum Gasteiger partial charge on any atom is -0.466 e. The predicted molar refractivity (Wildman–Crippen MR) is 113 cm³/mol. The predicted octanol–water partition coefficient (Wildman–Crippen LogP) is 2.39. The topological polar surface area (TPSA) is 87.7 Å². The summed E-state index contributed by atoms with van der Waals surface area (Å²) in [5.41, 5.74) is 0.429. The van der Waals surface area contributed by atoms with Crippen molar-refractivity contribution >= 4 is 51.0 Å². The lowest BCUT2D eigenvalue weighted by atomic mass is 10.1. The lowest BCUT2D eigenvalue weighted by Gasteiger charge is -2.36. The van der Waals surface area contributed by atoms with Crippen LogP contribution in [0, 0.1) is 0 Å². The molecular weight excluding hydrogens is 446 g/mol. The fraction of sp³-hybridized carbons (Fsp3) is 0.474. The number of hydrogen-bond donors (Lipinski definition) is 2. The molecule has 1 unspecified atom stereocenters. The first-order valence-corrected chi connectivity index (χ1v) is 10.4. The quantitative estimate of drug-likeness (QED) is 0.362. The molecule has 2 N–H and O–H groups in total. The third-order valence-electron chi connectivity index (χ3n) is 4.30. The van der Waals surface area contributed by atoms with E-state index in [4.69, 9.17) is 17.0 Å². The van der Waals surface area contributed by atoms with Crippen LogP contribution in [0.1, 0.15) is 43.0 Å². The van der Waals surface area contributed by atoms with Crippen LogP contribution in [0.15, 0.2) is 28.7 Å². The maximum Gasteiger partial charge on any atom is 0.308 e. The zero-order chi connectivity index (χ0) is 20.5. The Bertz CT molecular complexity index is 744. The fourth-order valence-electron chi connectivity index (χ4n) is 2.80. The van der Waals surface area contributed by atoms with Gasteiger partial charge in [0.25, 0.3) is 5.91 Å². The van der Waals surface area contributed by atoms with Crippen molar-refractivity contribution in [2.45, 2.75) is 38.6 Å². The largest absolute Gasteiger partial charge is 0.466 e. The van der Waals surface area contributed by atoms with Crippen molar-refractivity contribution in [2.24, 2.45) is 0 Å². The molecule has 1 aliphatic rings. The maximum atomic E-state index is 12.5. The van der Waals surface area contributed by atoms with Gasteiger partial charge in [0, 0.05) is 17.6 Å². The van der Waals surface area contributed by atoms with Crippen LogP contribution >= 0.6 is 28.1 Å². The molecule has 1 aromatic carbocycles. The van der Waals surface area contributed by atoms with Gasteiger partial charge in [0.2, 0.25) is 5.91 Å². The molecule has 0 saturated carbocycles. The minimum absolute atomic E-state index is 0.111. The van der Waals surface area contributed by atoms with Crippen molar-refractivity contribution in [1.29, 1.82) is 0 Å². The molecular formula is C19H24BrN3O4S. The molecule has 1 atom stereocenters. The third-order valence-corrected chi connectivity index (χ3v) is 5.33. The number of hydrogen-bond acceptors (Lipinski definition) is 5. The van der Waals surface area contributed by atoms with Gasteiger partial charge >= 0.3 is 5.97 Å². The summed E-state index contributed by atoms with van der Waals surface area (Å²) in [4.78, 5) is 38.5. The highest BCUT2D eigenvalue weighted by Crippen LogP contribution is 2.16. The van der Waals surface area contributed by atoms with Gasteiger partial charge in [0.1, 0.15) is 6.04 Å². The highest BCUT2D eigenvalue weighted by molar-refractivity contribution is 9.10.